The average Bonchev–Trinajstić information content (AvgIpc) is 2.81. The van der Waals surface area contributed by atoms with Gasteiger partial charge in [0.05, 0.1) is 0 Å². The number of hydrogen-bond acceptors (Lipinski definition) is 4. The quantitative estimate of drug-likeness (QED) is 0.548. The molecule has 0 fully saturated rings. The highest BCUT2D eigenvalue weighted by atomic mass is 79.9. The normalized spacial score (nSPS) is 14.4. The van der Waals surface area contributed by atoms with Crippen LogP contribution in [0.3, 0.4) is 0 Å². The summed E-state index contributed by atoms with van der Waals surface area (Å²) in [6.07, 6.45) is 1.70. The van der Waals surface area contributed by atoms with Crippen LogP contribution in [0.2, 0.25) is 0 Å². The Kier molecular flexibility index (Phi) is 8.56. The van der Waals surface area contributed by atoms with Crippen molar-refractivity contribution in [1.82, 2.24) is 10.2 Å². The summed E-state index contributed by atoms with van der Waals surface area (Å²) in [4.78, 5) is 27.7. The molecule has 0 aromatic heterocycles. The van der Waals surface area contributed by atoms with Crippen LogP contribution in [0.4, 0.5) is 0 Å². The van der Waals surface area contributed by atoms with E-state index in [2.05, 4.69) is 21.2 Å². The van der Waals surface area contributed by atoms with E-state index in [0.717, 1.165) is 27.8 Å². The van der Waals surface area contributed by atoms with E-state index in [9.17, 15) is 9.59 Å². The van der Waals surface area contributed by atoms with Crippen LogP contribution in [-0.4, -0.2) is 42.0 Å². The molecule has 32 heavy (non-hydrogen) atoms. The number of benzene rings is 2. The molecule has 1 aliphatic rings. The highest BCUT2D eigenvalue weighted by molar-refractivity contribution is 9.10. The van der Waals surface area contributed by atoms with Crippen LogP contribution in [0.5, 0.6) is 11.5 Å². The molecule has 2 aromatic carbocycles. The first-order valence-corrected chi connectivity index (χ1v) is 11.9. The zero-order chi connectivity index (χ0) is 23.1. The van der Waals surface area contributed by atoms with Gasteiger partial charge in [-0.05, 0) is 62.1 Å². The smallest absolute Gasteiger partial charge is 0.242 e. The number of amides is 2. The molecule has 1 heterocycles. The lowest BCUT2D eigenvalue weighted by Crippen LogP contribution is -2.49. The molecule has 3 rings (SSSR count). The maximum absolute atomic E-state index is 13.3. The topological polar surface area (TPSA) is 67.9 Å². The van der Waals surface area contributed by atoms with Gasteiger partial charge in [0, 0.05) is 23.5 Å². The SMILES string of the molecule is CC[C@@H](C)NC(=O)[C@@H](C)N(Cc1ccc(Br)cc1)C(=O)CCc1ccc2c(c1)OCCO2. The van der Waals surface area contributed by atoms with E-state index in [1.807, 2.05) is 56.3 Å². The fourth-order valence-corrected chi connectivity index (χ4v) is 3.74. The fraction of sp³-hybridized carbons (Fsp3) is 0.440. The first kappa shape index (κ1) is 24.1. The van der Waals surface area contributed by atoms with Gasteiger partial charge < -0.3 is 19.7 Å². The number of halogens is 1. The maximum Gasteiger partial charge on any atom is 0.242 e. The second-order valence-electron chi connectivity index (χ2n) is 8.12. The Morgan fingerprint density at radius 3 is 2.38 bits per heavy atom. The van der Waals surface area contributed by atoms with Crippen molar-refractivity contribution in [1.29, 1.82) is 0 Å². The molecule has 1 N–H and O–H groups in total. The molecule has 0 saturated heterocycles. The summed E-state index contributed by atoms with van der Waals surface area (Å²) in [6.45, 7) is 7.23. The van der Waals surface area contributed by atoms with Crippen molar-refractivity contribution in [3.8, 4) is 11.5 Å². The van der Waals surface area contributed by atoms with Gasteiger partial charge in [0.25, 0.3) is 0 Å². The lowest BCUT2D eigenvalue weighted by Gasteiger charge is -2.30. The lowest BCUT2D eigenvalue weighted by atomic mass is 10.1. The Labute approximate surface area is 198 Å². The van der Waals surface area contributed by atoms with Gasteiger partial charge in [-0.15, -0.1) is 0 Å². The van der Waals surface area contributed by atoms with Gasteiger partial charge in [-0.3, -0.25) is 9.59 Å². The predicted molar refractivity (Wildman–Crippen MR) is 128 cm³/mol. The molecule has 0 saturated carbocycles. The molecule has 6 nitrogen and oxygen atoms in total. The molecule has 2 aromatic rings. The summed E-state index contributed by atoms with van der Waals surface area (Å²) < 4.78 is 12.2. The zero-order valence-electron chi connectivity index (χ0n) is 18.9. The van der Waals surface area contributed by atoms with Gasteiger partial charge in [-0.2, -0.15) is 0 Å². The van der Waals surface area contributed by atoms with Crippen LogP contribution in [0, 0.1) is 0 Å². The zero-order valence-corrected chi connectivity index (χ0v) is 20.5. The minimum absolute atomic E-state index is 0.0605. The molecule has 0 spiro atoms. The largest absolute Gasteiger partial charge is 0.486 e. The fourth-order valence-electron chi connectivity index (χ4n) is 3.47. The number of rotatable bonds is 9. The third-order valence-electron chi connectivity index (χ3n) is 5.67. The van der Waals surface area contributed by atoms with Crippen molar-refractivity contribution in [2.24, 2.45) is 0 Å². The standard InChI is InChI=1S/C25H31BrN2O4/c1-4-17(2)27-25(30)18(3)28(16-20-5-9-21(26)10-6-20)24(29)12-8-19-7-11-22-23(15-19)32-14-13-31-22/h5-7,9-11,15,17-18H,4,8,12-14,16H2,1-3H3,(H,27,30)/t17-,18-/m1/s1. The lowest BCUT2D eigenvalue weighted by molar-refractivity contribution is -0.140. The van der Waals surface area contributed by atoms with Crippen LogP contribution >= 0.6 is 15.9 Å². The number of aryl methyl sites for hydroxylation is 1. The molecule has 0 unspecified atom stereocenters. The summed E-state index contributed by atoms with van der Waals surface area (Å²) in [7, 11) is 0. The molecule has 2 atom stereocenters. The number of nitrogens with zero attached hydrogens (tertiary/aromatic N) is 1. The maximum atomic E-state index is 13.3. The van der Waals surface area contributed by atoms with E-state index in [-0.39, 0.29) is 17.9 Å². The van der Waals surface area contributed by atoms with Gasteiger partial charge in [-0.25, -0.2) is 0 Å². The van der Waals surface area contributed by atoms with E-state index in [1.165, 1.54) is 0 Å². The number of carbonyl (C=O) groups is 2. The molecule has 7 heteroatoms. The number of carbonyl (C=O) groups excluding carboxylic acids is 2. The van der Waals surface area contributed by atoms with E-state index in [1.54, 1.807) is 11.8 Å². The minimum Gasteiger partial charge on any atom is -0.486 e. The first-order chi connectivity index (χ1) is 15.4. The molecule has 172 valence electrons. The van der Waals surface area contributed by atoms with Crippen molar-refractivity contribution >= 4 is 27.7 Å². The number of hydrogen-bond donors (Lipinski definition) is 1. The average molecular weight is 503 g/mol. The molecular weight excluding hydrogens is 472 g/mol. The Balaban J connectivity index is 1.71. The van der Waals surface area contributed by atoms with Crippen LogP contribution in [0.1, 0.15) is 44.7 Å². The number of ether oxygens (including phenoxy) is 2. The highest BCUT2D eigenvalue weighted by Crippen LogP contribution is 2.31. The Morgan fingerprint density at radius 1 is 1.03 bits per heavy atom. The van der Waals surface area contributed by atoms with E-state index in [0.29, 0.717) is 38.3 Å². The molecule has 0 bridgehead atoms. The molecular formula is C25H31BrN2O4. The Bertz CT molecular complexity index is 932. The van der Waals surface area contributed by atoms with E-state index < -0.39 is 6.04 Å². The molecule has 0 radical (unpaired) electrons. The second-order valence-corrected chi connectivity index (χ2v) is 9.04. The minimum atomic E-state index is -0.569. The summed E-state index contributed by atoms with van der Waals surface area (Å²) >= 11 is 3.44. The van der Waals surface area contributed by atoms with Crippen molar-refractivity contribution in [3.05, 3.63) is 58.1 Å². The molecule has 1 aliphatic heterocycles. The van der Waals surface area contributed by atoms with Crippen molar-refractivity contribution in [2.45, 2.75) is 58.7 Å². The van der Waals surface area contributed by atoms with Crippen LogP contribution in [-0.2, 0) is 22.6 Å². The third kappa shape index (κ3) is 6.48. The van der Waals surface area contributed by atoms with Crippen molar-refractivity contribution < 1.29 is 19.1 Å². The van der Waals surface area contributed by atoms with Gasteiger partial charge in [0.2, 0.25) is 11.8 Å². The van der Waals surface area contributed by atoms with Gasteiger partial charge in [0.15, 0.2) is 11.5 Å². The Morgan fingerprint density at radius 2 is 1.69 bits per heavy atom. The monoisotopic (exact) mass is 502 g/mol. The molecule has 0 aliphatic carbocycles. The summed E-state index contributed by atoms with van der Waals surface area (Å²) in [5, 5.41) is 3.00. The van der Waals surface area contributed by atoms with Gasteiger partial charge in [-0.1, -0.05) is 41.1 Å². The Hall–Kier alpha value is -2.54. The van der Waals surface area contributed by atoms with E-state index >= 15 is 0 Å². The molecule has 2 amide bonds. The second kappa shape index (κ2) is 11.4. The van der Waals surface area contributed by atoms with Crippen LogP contribution in [0.15, 0.2) is 46.9 Å². The van der Waals surface area contributed by atoms with Gasteiger partial charge in [0.1, 0.15) is 19.3 Å². The highest BCUT2D eigenvalue weighted by Gasteiger charge is 2.26. The summed E-state index contributed by atoms with van der Waals surface area (Å²) in [5.74, 6) is 1.26. The van der Waals surface area contributed by atoms with Gasteiger partial charge >= 0.3 is 0 Å². The first-order valence-electron chi connectivity index (χ1n) is 11.1. The van der Waals surface area contributed by atoms with Crippen molar-refractivity contribution in [3.63, 3.8) is 0 Å². The van der Waals surface area contributed by atoms with Crippen LogP contribution < -0.4 is 14.8 Å². The van der Waals surface area contributed by atoms with Crippen LogP contribution in [0.25, 0.3) is 0 Å². The third-order valence-corrected chi connectivity index (χ3v) is 6.20. The summed E-state index contributed by atoms with van der Waals surface area (Å²) in [6, 6.07) is 13.1. The number of nitrogens with one attached hydrogen (secondary N) is 1. The van der Waals surface area contributed by atoms with Crippen molar-refractivity contribution in [2.75, 3.05) is 13.2 Å². The van der Waals surface area contributed by atoms with E-state index in [4.69, 9.17) is 9.47 Å². The summed E-state index contributed by atoms with van der Waals surface area (Å²) in [5.41, 5.74) is 1.98. The predicted octanol–water partition coefficient (Wildman–Crippen LogP) is 4.48. The number of fused-ring (bicyclic) bond motifs is 1.